The number of furan rings is 1. The van der Waals surface area contributed by atoms with E-state index in [1.807, 2.05) is 0 Å². The molecule has 0 atom stereocenters. The third-order valence-corrected chi connectivity index (χ3v) is 3.57. The zero-order valence-corrected chi connectivity index (χ0v) is 13.5. The number of rotatable bonds is 3. The number of hydrogen-bond acceptors (Lipinski definition) is 5. The highest BCUT2D eigenvalue weighted by Crippen LogP contribution is 2.25. The van der Waals surface area contributed by atoms with Crippen LogP contribution in [0.3, 0.4) is 0 Å². The fourth-order valence-corrected chi connectivity index (χ4v) is 2.46. The largest absolute Gasteiger partial charge is 0.512 e. The number of benzene rings is 1. The summed E-state index contributed by atoms with van der Waals surface area (Å²) in [5.74, 6) is -1.35. The Kier molecular flexibility index (Phi) is 4.30. The third-order valence-electron chi connectivity index (χ3n) is 3.57. The number of allylic oxidation sites excluding steroid dienone is 1. The van der Waals surface area contributed by atoms with Crippen molar-refractivity contribution in [2.45, 2.75) is 6.92 Å². The van der Waals surface area contributed by atoms with Gasteiger partial charge in [-0.15, -0.1) is 0 Å². The molecule has 0 saturated carbocycles. The maximum absolute atomic E-state index is 12.2. The van der Waals surface area contributed by atoms with E-state index in [9.17, 15) is 14.7 Å². The highest BCUT2D eigenvalue weighted by molar-refractivity contribution is 6.36. The van der Waals surface area contributed by atoms with Crippen LogP contribution in [0.4, 0.5) is 0 Å². The molecule has 25 heavy (non-hydrogen) atoms. The number of amides is 1. The van der Waals surface area contributed by atoms with Crippen LogP contribution in [0.5, 0.6) is 0 Å². The van der Waals surface area contributed by atoms with Crippen molar-refractivity contribution in [3.63, 3.8) is 0 Å². The van der Waals surface area contributed by atoms with Gasteiger partial charge >= 0.3 is 11.9 Å². The Morgan fingerprint density at radius 1 is 1.16 bits per heavy atom. The normalized spacial score (nSPS) is 15.4. The van der Waals surface area contributed by atoms with Gasteiger partial charge in [-0.25, -0.2) is 9.79 Å². The molecule has 1 aromatic carbocycles. The summed E-state index contributed by atoms with van der Waals surface area (Å²) in [7, 11) is 1.21. The van der Waals surface area contributed by atoms with Crippen molar-refractivity contribution in [3.05, 3.63) is 70.9 Å². The fourth-order valence-electron chi connectivity index (χ4n) is 2.46. The first-order valence-corrected chi connectivity index (χ1v) is 7.36. The van der Waals surface area contributed by atoms with Crippen LogP contribution < -0.4 is 0 Å². The second-order valence-corrected chi connectivity index (χ2v) is 5.18. The van der Waals surface area contributed by atoms with Gasteiger partial charge in [0.2, 0.25) is 0 Å². The van der Waals surface area contributed by atoms with Crippen molar-refractivity contribution in [3.8, 4) is 0 Å². The zero-order valence-electron chi connectivity index (χ0n) is 13.5. The maximum atomic E-state index is 12.2. The summed E-state index contributed by atoms with van der Waals surface area (Å²) in [6.07, 6.45) is 1.37. The summed E-state index contributed by atoms with van der Waals surface area (Å²) in [4.78, 5) is 32.5. The van der Waals surface area contributed by atoms with Crippen molar-refractivity contribution in [2.75, 3.05) is 7.11 Å². The molecule has 0 unspecified atom stereocenters. The Hall–Kier alpha value is -3.48. The van der Waals surface area contributed by atoms with Crippen molar-refractivity contribution in [1.29, 1.82) is 0 Å². The summed E-state index contributed by atoms with van der Waals surface area (Å²) in [6.45, 7) is 1.36. The van der Waals surface area contributed by atoms with E-state index in [1.54, 1.807) is 30.3 Å². The number of carbonyl (C=O) groups is 2. The second kappa shape index (κ2) is 6.56. The average Bonchev–Trinajstić information content (AvgIpc) is 3.24. The van der Waals surface area contributed by atoms with Crippen LogP contribution in [0, 0.1) is 0 Å². The van der Waals surface area contributed by atoms with E-state index in [2.05, 4.69) is 9.98 Å². The molecule has 1 aromatic heterocycles. The molecule has 7 heteroatoms. The Morgan fingerprint density at radius 3 is 2.48 bits per heavy atom. The molecule has 1 N–H and O–H groups in total. The Bertz CT molecular complexity index is 932. The van der Waals surface area contributed by atoms with E-state index in [1.165, 1.54) is 26.4 Å². The first-order valence-electron chi connectivity index (χ1n) is 7.36. The minimum Gasteiger partial charge on any atom is -0.512 e. The van der Waals surface area contributed by atoms with Crippen LogP contribution in [0.15, 0.2) is 68.4 Å². The molecular formula is C18H14N2O5. The van der Waals surface area contributed by atoms with E-state index in [0.717, 1.165) is 0 Å². The molecule has 0 aliphatic carbocycles. The van der Waals surface area contributed by atoms with Gasteiger partial charge in [0.25, 0.3) is 0 Å². The summed E-state index contributed by atoms with van der Waals surface area (Å²) < 4.78 is 9.75. The molecule has 0 saturated heterocycles. The summed E-state index contributed by atoms with van der Waals surface area (Å²) in [5.41, 5.74) is 1.27. The molecule has 1 aliphatic heterocycles. The number of fused-ring (bicyclic) bond motifs is 1. The van der Waals surface area contributed by atoms with Gasteiger partial charge in [-0.05, 0) is 19.1 Å². The number of methoxy groups -OCH3 is 1. The van der Waals surface area contributed by atoms with E-state index >= 15 is 0 Å². The molecule has 0 fully saturated rings. The molecule has 126 valence electrons. The number of aliphatic hydroxyl groups excluding tert-OH is 1. The van der Waals surface area contributed by atoms with Gasteiger partial charge in [-0.3, -0.25) is 4.79 Å². The number of carbonyl (C=O) groups excluding carboxylic acids is 2. The Balaban J connectivity index is 2.13. The number of ether oxygens (including phenoxy) is 1. The summed E-state index contributed by atoms with van der Waals surface area (Å²) in [5, 5.41) is 9.89. The van der Waals surface area contributed by atoms with Gasteiger partial charge in [0.15, 0.2) is 11.6 Å². The molecular weight excluding hydrogens is 324 g/mol. The maximum Gasteiger partial charge on any atom is 0.343 e. The minimum absolute atomic E-state index is 0.0782. The van der Waals surface area contributed by atoms with Crippen LogP contribution in [-0.2, 0) is 9.53 Å². The summed E-state index contributed by atoms with van der Waals surface area (Å²) in [6, 6.07) is 10.0. The smallest absolute Gasteiger partial charge is 0.343 e. The highest BCUT2D eigenvalue weighted by Gasteiger charge is 2.30. The van der Waals surface area contributed by atoms with Crippen LogP contribution in [0.1, 0.15) is 28.6 Å². The van der Waals surface area contributed by atoms with Gasteiger partial charge in [0.05, 0.1) is 19.1 Å². The molecule has 0 spiro atoms. The molecule has 3 rings (SSSR count). The average molecular weight is 338 g/mol. The standard InChI is InChI=1S/C18H14N2O5/c1-10(21)14(18(23)24-2)15-11-6-3-4-7-12(11)16(19-15)20-17(22)13-8-5-9-25-13/h3-9,21H,1-2H3/b14-10+,20-16?. The van der Waals surface area contributed by atoms with Gasteiger partial charge in [-0.2, -0.15) is 4.99 Å². The predicted octanol–water partition coefficient (Wildman–Crippen LogP) is 2.67. The molecule has 7 nitrogen and oxygen atoms in total. The van der Waals surface area contributed by atoms with Gasteiger partial charge < -0.3 is 14.3 Å². The SMILES string of the molecule is COC(=O)/C(C1=NC(=NC(=O)c2ccco2)c2ccccc21)=C(\C)O. The topological polar surface area (TPSA) is 101 Å². The molecule has 1 amide bonds. The quantitative estimate of drug-likeness (QED) is 0.527. The van der Waals surface area contributed by atoms with Gasteiger partial charge in [-0.1, -0.05) is 24.3 Å². The fraction of sp³-hybridized carbons (Fsp3) is 0.111. The predicted molar refractivity (Wildman–Crippen MR) is 89.9 cm³/mol. The zero-order chi connectivity index (χ0) is 18.0. The third kappa shape index (κ3) is 2.99. The number of hydrogen-bond donors (Lipinski definition) is 1. The van der Waals surface area contributed by atoms with E-state index in [0.29, 0.717) is 11.1 Å². The van der Waals surface area contributed by atoms with Gasteiger partial charge in [0, 0.05) is 11.1 Å². The van der Waals surface area contributed by atoms with Crippen molar-refractivity contribution in [1.82, 2.24) is 0 Å². The number of amidine groups is 1. The Morgan fingerprint density at radius 2 is 1.88 bits per heavy atom. The second-order valence-electron chi connectivity index (χ2n) is 5.18. The summed E-state index contributed by atoms with van der Waals surface area (Å²) >= 11 is 0. The van der Waals surface area contributed by atoms with Crippen molar-refractivity contribution >= 4 is 23.4 Å². The van der Waals surface area contributed by atoms with Crippen LogP contribution >= 0.6 is 0 Å². The monoisotopic (exact) mass is 338 g/mol. The van der Waals surface area contributed by atoms with Crippen LogP contribution in [0.25, 0.3) is 0 Å². The van der Waals surface area contributed by atoms with Crippen molar-refractivity contribution in [2.24, 2.45) is 9.98 Å². The van der Waals surface area contributed by atoms with Gasteiger partial charge in [0.1, 0.15) is 11.3 Å². The first kappa shape index (κ1) is 16.4. The molecule has 0 radical (unpaired) electrons. The molecule has 2 aromatic rings. The number of aliphatic imine (C=N–C) groups is 2. The van der Waals surface area contributed by atoms with E-state index in [4.69, 9.17) is 9.15 Å². The number of nitrogens with zero attached hydrogens (tertiary/aromatic N) is 2. The lowest BCUT2D eigenvalue weighted by molar-refractivity contribution is -0.135. The highest BCUT2D eigenvalue weighted by atomic mass is 16.5. The van der Waals surface area contributed by atoms with E-state index in [-0.39, 0.29) is 28.6 Å². The van der Waals surface area contributed by atoms with E-state index < -0.39 is 11.9 Å². The van der Waals surface area contributed by atoms with Crippen LogP contribution in [0.2, 0.25) is 0 Å². The van der Waals surface area contributed by atoms with Crippen molar-refractivity contribution < 1.29 is 23.8 Å². The first-order chi connectivity index (χ1) is 12.0. The molecule has 1 aliphatic rings. The lowest BCUT2D eigenvalue weighted by Crippen LogP contribution is -2.16. The lowest BCUT2D eigenvalue weighted by Gasteiger charge is -2.07. The number of esters is 1. The number of aliphatic hydroxyl groups is 1. The molecule has 2 heterocycles. The minimum atomic E-state index is -0.729. The Labute approximate surface area is 143 Å². The molecule has 0 bridgehead atoms. The van der Waals surface area contributed by atoms with Crippen LogP contribution in [-0.4, -0.2) is 35.6 Å². The lowest BCUT2D eigenvalue weighted by atomic mass is 9.99.